The van der Waals surface area contributed by atoms with E-state index < -0.39 is 0 Å². The zero-order valence-corrected chi connectivity index (χ0v) is 19.4. The molecular formula is C21H35BrN4O3. The standard InChI is InChI=1S/C21H35BrN4O3/c1-24-16-23-19-18(24)20(28)26(21(29)25(19)2)14-12-10-8-6-4-3-5-7-9-11-13-17(27)15-22/h16-17,27H,3-15H2,1-2H3. The molecule has 2 aromatic heterocycles. The monoisotopic (exact) mass is 470 g/mol. The maximum Gasteiger partial charge on any atom is 0.332 e. The predicted octanol–water partition coefficient (Wildman–Crippen LogP) is 3.48. The van der Waals surface area contributed by atoms with Gasteiger partial charge in [0.05, 0.1) is 12.4 Å². The molecule has 0 aliphatic carbocycles. The summed E-state index contributed by atoms with van der Waals surface area (Å²) in [6.07, 6.45) is 13.8. The van der Waals surface area contributed by atoms with Crippen LogP contribution in [0.3, 0.4) is 0 Å². The minimum atomic E-state index is -0.287. The number of aliphatic hydroxyl groups excluding tert-OH is 1. The summed E-state index contributed by atoms with van der Waals surface area (Å²) in [7, 11) is 3.44. The Bertz CT molecular complexity index is 871. The van der Waals surface area contributed by atoms with Crippen LogP contribution < -0.4 is 11.2 Å². The van der Waals surface area contributed by atoms with E-state index in [2.05, 4.69) is 20.9 Å². The Labute approximate surface area is 180 Å². The molecule has 164 valence electrons. The lowest BCUT2D eigenvalue weighted by Gasteiger charge is -2.08. The Kier molecular flexibility index (Phi) is 10.1. The van der Waals surface area contributed by atoms with Crippen LogP contribution in [-0.4, -0.2) is 35.2 Å². The van der Waals surface area contributed by atoms with Crippen LogP contribution in [0, 0.1) is 0 Å². The van der Waals surface area contributed by atoms with Gasteiger partial charge in [0.15, 0.2) is 11.2 Å². The van der Waals surface area contributed by atoms with Crippen molar-refractivity contribution in [1.29, 1.82) is 0 Å². The second kappa shape index (κ2) is 12.3. The van der Waals surface area contributed by atoms with E-state index in [1.54, 1.807) is 25.0 Å². The van der Waals surface area contributed by atoms with Crippen molar-refractivity contribution in [2.45, 2.75) is 83.3 Å². The van der Waals surface area contributed by atoms with E-state index in [9.17, 15) is 14.7 Å². The molecule has 1 atom stereocenters. The number of hydrogen-bond donors (Lipinski definition) is 1. The van der Waals surface area contributed by atoms with Crippen LogP contribution in [0.4, 0.5) is 0 Å². The number of rotatable bonds is 14. The number of aromatic nitrogens is 4. The molecule has 7 nitrogen and oxygen atoms in total. The van der Waals surface area contributed by atoms with Crippen molar-refractivity contribution in [3.05, 3.63) is 27.2 Å². The predicted molar refractivity (Wildman–Crippen MR) is 121 cm³/mol. The van der Waals surface area contributed by atoms with Gasteiger partial charge in [-0.05, 0) is 12.8 Å². The van der Waals surface area contributed by atoms with Crippen LogP contribution in [0.15, 0.2) is 15.9 Å². The first kappa shape index (κ1) is 23.9. The largest absolute Gasteiger partial charge is 0.392 e. The molecule has 0 fully saturated rings. The quantitative estimate of drug-likeness (QED) is 0.338. The van der Waals surface area contributed by atoms with E-state index in [1.165, 1.54) is 47.7 Å². The van der Waals surface area contributed by atoms with Crippen LogP contribution in [0.2, 0.25) is 0 Å². The van der Waals surface area contributed by atoms with E-state index in [0.717, 1.165) is 32.1 Å². The van der Waals surface area contributed by atoms with Crippen LogP contribution >= 0.6 is 15.9 Å². The molecule has 0 saturated carbocycles. The summed E-state index contributed by atoms with van der Waals surface area (Å²) in [6.45, 7) is 0.465. The van der Waals surface area contributed by atoms with E-state index >= 15 is 0 Å². The number of fused-ring (bicyclic) bond motifs is 1. The van der Waals surface area contributed by atoms with Crippen molar-refractivity contribution in [1.82, 2.24) is 18.7 Å². The fourth-order valence-corrected chi connectivity index (χ4v) is 4.06. The molecule has 2 aromatic rings. The molecule has 0 spiro atoms. The Hall–Kier alpha value is -1.41. The zero-order chi connectivity index (χ0) is 21.2. The number of unbranched alkanes of at least 4 members (excludes halogenated alkanes) is 9. The van der Waals surface area contributed by atoms with Gasteiger partial charge in [-0.3, -0.25) is 13.9 Å². The molecule has 0 saturated heterocycles. The highest BCUT2D eigenvalue weighted by atomic mass is 79.9. The fraction of sp³-hybridized carbons (Fsp3) is 0.762. The Balaban J connectivity index is 1.61. The summed E-state index contributed by atoms with van der Waals surface area (Å²) in [5, 5.41) is 10.2. The second-order valence-corrected chi connectivity index (χ2v) is 8.61. The number of imidazole rings is 1. The maximum atomic E-state index is 12.6. The molecule has 0 amide bonds. The highest BCUT2D eigenvalue weighted by molar-refractivity contribution is 9.09. The van der Waals surface area contributed by atoms with Crippen molar-refractivity contribution >= 4 is 27.1 Å². The lowest BCUT2D eigenvalue weighted by atomic mass is 10.0. The minimum absolute atomic E-state index is 0.197. The number of alkyl halides is 1. The first-order chi connectivity index (χ1) is 14.0. The summed E-state index contributed by atoms with van der Waals surface area (Å²) in [5.41, 5.74) is 0.392. The van der Waals surface area contributed by atoms with E-state index in [-0.39, 0.29) is 17.4 Å². The number of hydrogen-bond acceptors (Lipinski definition) is 4. The summed E-state index contributed by atoms with van der Waals surface area (Å²) in [5.74, 6) is 0. The molecule has 29 heavy (non-hydrogen) atoms. The van der Waals surface area contributed by atoms with Crippen LogP contribution in [0.1, 0.15) is 70.6 Å². The smallest absolute Gasteiger partial charge is 0.332 e. The van der Waals surface area contributed by atoms with Crippen LogP contribution in [0.25, 0.3) is 11.2 Å². The van der Waals surface area contributed by atoms with Crippen LogP contribution in [-0.2, 0) is 20.6 Å². The number of aliphatic hydroxyl groups is 1. The number of nitrogens with zero attached hydrogens (tertiary/aromatic N) is 4. The van der Waals surface area contributed by atoms with Crippen LogP contribution in [0.5, 0.6) is 0 Å². The van der Waals surface area contributed by atoms with Gasteiger partial charge >= 0.3 is 5.69 Å². The topological polar surface area (TPSA) is 82.1 Å². The maximum absolute atomic E-state index is 12.6. The van der Waals surface area contributed by atoms with E-state index in [4.69, 9.17) is 0 Å². The molecular weight excluding hydrogens is 436 g/mol. The minimum Gasteiger partial charge on any atom is -0.392 e. The lowest BCUT2D eigenvalue weighted by molar-refractivity contribution is 0.186. The Morgan fingerprint density at radius 2 is 1.52 bits per heavy atom. The first-order valence-electron chi connectivity index (χ1n) is 10.8. The molecule has 0 radical (unpaired) electrons. The molecule has 0 bridgehead atoms. The normalized spacial score (nSPS) is 12.7. The Morgan fingerprint density at radius 3 is 2.10 bits per heavy atom. The first-order valence-corrected chi connectivity index (χ1v) is 11.9. The van der Waals surface area contributed by atoms with Gasteiger partial charge in [-0.2, -0.15) is 0 Å². The lowest BCUT2D eigenvalue weighted by Crippen LogP contribution is -2.39. The van der Waals surface area contributed by atoms with Gasteiger partial charge in [0.1, 0.15) is 0 Å². The Morgan fingerprint density at radius 1 is 0.966 bits per heavy atom. The van der Waals surface area contributed by atoms with Gasteiger partial charge in [-0.25, -0.2) is 9.78 Å². The van der Waals surface area contributed by atoms with Crippen molar-refractivity contribution in [3.63, 3.8) is 0 Å². The third-order valence-electron chi connectivity index (χ3n) is 5.55. The van der Waals surface area contributed by atoms with Gasteiger partial charge in [0, 0.05) is 26.0 Å². The van der Waals surface area contributed by atoms with E-state index in [1.807, 2.05) is 0 Å². The third-order valence-corrected chi connectivity index (χ3v) is 6.30. The van der Waals surface area contributed by atoms with Gasteiger partial charge < -0.3 is 9.67 Å². The number of halogens is 1. The van der Waals surface area contributed by atoms with Gasteiger partial charge in [-0.15, -0.1) is 0 Å². The summed E-state index contributed by atoms with van der Waals surface area (Å²) in [4.78, 5) is 29.2. The van der Waals surface area contributed by atoms with Crippen molar-refractivity contribution in [2.75, 3.05) is 5.33 Å². The van der Waals surface area contributed by atoms with Crippen molar-refractivity contribution < 1.29 is 5.11 Å². The van der Waals surface area contributed by atoms with Gasteiger partial charge in [0.25, 0.3) is 5.56 Å². The molecule has 1 unspecified atom stereocenters. The molecule has 0 aliphatic rings. The second-order valence-electron chi connectivity index (χ2n) is 7.96. The third kappa shape index (κ3) is 6.81. The molecule has 8 heteroatoms. The number of aryl methyl sites for hydroxylation is 2. The molecule has 0 aliphatic heterocycles. The SMILES string of the molecule is Cn1cnc2c1c(=O)n(CCCCCCCCCCCCC(O)CBr)c(=O)n2C. The van der Waals surface area contributed by atoms with E-state index in [0.29, 0.717) is 23.0 Å². The molecule has 2 heterocycles. The molecule has 0 aromatic carbocycles. The highest BCUT2D eigenvalue weighted by Crippen LogP contribution is 2.13. The summed E-state index contributed by atoms with van der Waals surface area (Å²) < 4.78 is 4.48. The van der Waals surface area contributed by atoms with Crippen molar-refractivity contribution in [3.8, 4) is 0 Å². The summed E-state index contributed by atoms with van der Waals surface area (Å²) in [6, 6.07) is 0. The molecule has 2 rings (SSSR count). The average Bonchev–Trinajstić information content (AvgIpc) is 3.10. The zero-order valence-electron chi connectivity index (χ0n) is 17.8. The highest BCUT2D eigenvalue weighted by Gasteiger charge is 2.14. The fourth-order valence-electron chi connectivity index (χ4n) is 3.73. The average molecular weight is 471 g/mol. The van der Waals surface area contributed by atoms with Crippen molar-refractivity contribution in [2.24, 2.45) is 14.1 Å². The summed E-state index contributed by atoms with van der Waals surface area (Å²) >= 11 is 3.29. The van der Waals surface area contributed by atoms with Gasteiger partial charge in [-0.1, -0.05) is 73.7 Å². The van der Waals surface area contributed by atoms with Gasteiger partial charge in [0.2, 0.25) is 0 Å². The molecule has 1 N–H and O–H groups in total.